The van der Waals surface area contributed by atoms with E-state index in [2.05, 4.69) is 4.98 Å². The van der Waals surface area contributed by atoms with E-state index in [9.17, 15) is 0 Å². The number of methoxy groups -OCH3 is 2. The molecule has 0 fully saturated rings. The molecule has 0 saturated heterocycles. The molecular formula is C12H12ClNO3. The maximum absolute atomic E-state index is 6.09. The van der Waals surface area contributed by atoms with Crippen molar-refractivity contribution in [2.24, 2.45) is 0 Å². The van der Waals surface area contributed by atoms with Gasteiger partial charge >= 0.3 is 0 Å². The van der Waals surface area contributed by atoms with Crippen LogP contribution in [0.25, 0.3) is 10.9 Å². The zero-order valence-corrected chi connectivity index (χ0v) is 10.3. The Balaban J connectivity index is 2.53. The largest absolute Gasteiger partial charge is 0.493 e. The fourth-order valence-electron chi connectivity index (χ4n) is 1.51. The highest BCUT2D eigenvalue weighted by Crippen LogP contribution is 2.34. The van der Waals surface area contributed by atoms with Crippen molar-refractivity contribution in [3.63, 3.8) is 0 Å². The third kappa shape index (κ3) is 2.43. The predicted molar refractivity (Wildman–Crippen MR) is 65.8 cm³/mol. The van der Waals surface area contributed by atoms with Crippen molar-refractivity contribution < 1.29 is 14.2 Å². The van der Waals surface area contributed by atoms with Crippen LogP contribution >= 0.6 is 11.6 Å². The fourth-order valence-corrected chi connectivity index (χ4v) is 1.72. The zero-order valence-electron chi connectivity index (χ0n) is 9.57. The summed E-state index contributed by atoms with van der Waals surface area (Å²) < 4.78 is 15.5. The molecular weight excluding hydrogens is 242 g/mol. The molecule has 4 nitrogen and oxygen atoms in total. The molecule has 1 heterocycles. The molecule has 0 saturated carbocycles. The number of fused-ring (bicyclic) bond motifs is 1. The van der Waals surface area contributed by atoms with Gasteiger partial charge in [-0.15, -0.1) is 0 Å². The highest BCUT2D eigenvalue weighted by atomic mass is 35.5. The van der Waals surface area contributed by atoms with E-state index in [-0.39, 0.29) is 6.79 Å². The molecule has 0 aliphatic heterocycles. The first-order valence-corrected chi connectivity index (χ1v) is 5.38. The van der Waals surface area contributed by atoms with E-state index in [0.717, 1.165) is 10.9 Å². The predicted octanol–water partition coefficient (Wildman–Crippen LogP) is 2.88. The number of rotatable bonds is 4. The lowest BCUT2D eigenvalue weighted by atomic mass is 10.2. The first-order chi connectivity index (χ1) is 8.26. The van der Waals surface area contributed by atoms with Crippen LogP contribution in [0.2, 0.25) is 5.02 Å². The molecule has 5 heteroatoms. The Kier molecular flexibility index (Phi) is 3.66. The van der Waals surface area contributed by atoms with E-state index in [0.29, 0.717) is 16.5 Å². The smallest absolute Gasteiger partial charge is 0.188 e. The molecule has 1 aromatic heterocycles. The monoisotopic (exact) mass is 253 g/mol. The quantitative estimate of drug-likeness (QED) is 0.786. The molecule has 0 N–H and O–H groups in total. The Hall–Kier alpha value is -1.52. The van der Waals surface area contributed by atoms with Gasteiger partial charge in [0.1, 0.15) is 0 Å². The average molecular weight is 254 g/mol. The van der Waals surface area contributed by atoms with E-state index < -0.39 is 0 Å². The Labute approximate surface area is 104 Å². The van der Waals surface area contributed by atoms with Crippen molar-refractivity contribution in [1.29, 1.82) is 0 Å². The van der Waals surface area contributed by atoms with Crippen LogP contribution in [0.15, 0.2) is 24.4 Å². The highest BCUT2D eigenvalue weighted by Gasteiger charge is 2.09. The first kappa shape index (κ1) is 12.0. The minimum Gasteiger partial charge on any atom is -0.493 e. The molecule has 0 spiro atoms. The maximum atomic E-state index is 6.09. The summed E-state index contributed by atoms with van der Waals surface area (Å²) in [6.45, 7) is 0.153. The third-order valence-electron chi connectivity index (χ3n) is 2.31. The number of hydrogen-bond acceptors (Lipinski definition) is 4. The van der Waals surface area contributed by atoms with Gasteiger partial charge in [0.05, 0.1) is 17.6 Å². The summed E-state index contributed by atoms with van der Waals surface area (Å²) in [7, 11) is 3.13. The van der Waals surface area contributed by atoms with Crippen LogP contribution in [-0.2, 0) is 4.74 Å². The van der Waals surface area contributed by atoms with Gasteiger partial charge < -0.3 is 14.2 Å². The standard InChI is InChI=1S/C12H12ClNO3/c1-15-7-17-12-5-8-9(13)3-4-14-10(8)6-11(12)16-2/h3-6H,7H2,1-2H3. The average Bonchev–Trinajstić information content (AvgIpc) is 2.36. The lowest BCUT2D eigenvalue weighted by Crippen LogP contribution is -2.01. The normalized spacial score (nSPS) is 10.5. The molecule has 0 aliphatic carbocycles. The van der Waals surface area contributed by atoms with Crippen molar-refractivity contribution in [2.75, 3.05) is 21.0 Å². The molecule has 17 heavy (non-hydrogen) atoms. The van der Waals surface area contributed by atoms with E-state index in [1.165, 1.54) is 0 Å². The number of pyridine rings is 1. The van der Waals surface area contributed by atoms with Crippen molar-refractivity contribution in [3.05, 3.63) is 29.4 Å². The summed E-state index contributed by atoms with van der Waals surface area (Å²) in [5.74, 6) is 1.18. The molecule has 0 radical (unpaired) electrons. The third-order valence-corrected chi connectivity index (χ3v) is 2.64. The van der Waals surface area contributed by atoms with Gasteiger partial charge in [0.2, 0.25) is 0 Å². The van der Waals surface area contributed by atoms with Crippen molar-refractivity contribution >= 4 is 22.5 Å². The summed E-state index contributed by atoms with van der Waals surface area (Å²) in [5, 5.41) is 1.45. The molecule has 0 amide bonds. The number of aromatic nitrogens is 1. The SMILES string of the molecule is COCOc1cc2c(Cl)ccnc2cc1OC. The van der Waals surface area contributed by atoms with Crippen LogP contribution in [0, 0.1) is 0 Å². The number of halogens is 1. The van der Waals surface area contributed by atoms with Crippen molar-refractivity contribution in [2.45, 2.75) is 0 Å². The Morgan fingerprint density at radius 3 is 2.76 bits per heavy atom. The van der Waals surface area contributed by atoms with Gasteiger partial charge in [-0.05, 0) is 12.1 Å². The van der Waals surface area contributed by atoms with E-state index in [1.807, 2.05) is 0 Å². The van der Waals surface area contributed by atoms with E-state index in [4.69, 9.17) is 25.8 Å². The molecule has 1 aromatic carbocycles. The number of benzene rings is 1. The summed E-state index contributed by atoms with van der Waals surface area (Å²) in [4.78, 5) is 4.22. The Morgan fingerprint density at radius 2 is 2.06 bits per heavy atom. The molecule has 2 rings (SSSR count). The summed E-state index contributed by atoms with van der Waals surface area (Å²) in [6.07, 6.45) is 1.65. The lowest BCUT2D eigenvalue weighted by Gasteiger charge is -2.11. The Bertz CT molecular complexity index is 530. The van der Waals surface area contributed by atoms with Gasteiger partial charge in [-0.1, -0.05) is 11.6 Å². The van der Waals surface area contributed by atoms with Gasteiger partial charge in [0.25, 0.3) is 0 Å². The number of ether oxygens (including phenoxy) is 3. The second-order valence-electron chi connectivity index (χ2n) is 3.36. The first-order valence-electron chi connectivity index (χ1n) is 5.00. The van der Waals surface area contributed by atoms with Crippen LogP contribution in [0.5, 0.6) is 11.5 Å². The second kappa shape index (κ2) is 5.21. The zero-order chi connectivity index (χ0) is 12.3. The summed E-state index contributed by atoms with van der Waals surface area (Å²) >= 11 is 6.09. The second-order valence-corrected chi connectivity index (χ2v) is 3.77. The van der Waals surface area contributed by atoms with Crippen LogP contribution < -0.4 is 9.47 Å². The highest BCUT2D eigenvalue weighted by molar-refractivity contribution is 6.35. The fraction of sp³-hybridized carbons (Fsp3) is 0.250. The molecule has 0 bridgehead atoms. The van der Waals surface area contributed by atoms with E-state index >= 15 is 0 Å². The van der Waals surface area contributed by atoms with Gasteiger partial charge in [0, 0.05) is 24.8 Å². The van der Waals surface area contributed by atoms with Crippen molar-refractivity contribution in [3.8, 4) is 11.5 Å². The van der Waals surface area contributed by atoms with Gasteiger partial charge in [0.15, 0.2) is 18.3 Å². The lowest BCUT2D eigenvalue weighted by molar-refractivity contribution is 0.0493. The molecule has 2 aromatic rings. The van der Waals surface area contributed by atoms with E-state index in [1.54, 1.807) is 38.6 Å². The maximum Gasteiger partial charge on any atom is 0.188 e. The summed E-state index contributed by atoms with van der Waals surface area (Å²) in [6, 6.07) is 5.31. The number of nitrogens with zero attached hydrogens (tertiary/aromatic N) is 1. The molecule has 0 aliphatic rings. The van der Waals surface area contributed by atoms with Crippen LogP contribution in [0.1, 0.15) is 0 Å². The van der Waals surface area contributed by atoms with Crippen LogP contribution in [-0.4, -0.2) is 26.0 Å². The van der Waals surface area contributed by atoms with Gasteiger partial charge in [-0.3, -0.25) is 4.98 Å². The molecule has 90 valence electrons. The number of hydrogen-bond donors (Lipinski definition) is 0. The minimum absolute atomic E-state index is 0.153. The van der Waals surface area contributed by atoms with Gasteiger partial charge in [-0.2, -0.15) is 0 Å². The van der Waals surface area contributed by atoms with Crippen LogP contribution in [0.3, 0.4) is 0 Å². The summed E-state index contributed by atoms with van der Waals surface area (Å²) in [5.41, 5.74) is 0.763. The minimum atomic E-state index is 0.153. The molecule has 0 atom stereocenters. The van der Waals surface area contributed by atoms with Crippen LogP contribution in [0.4, 0.5) is 0 Å². The molecule has 0 unspecified atom stereocenters. The van der Waals surface area contributed by atoms with Crippen molar-refractivity contribution in [1.82, 2.24) is 4.98 Å². The topological polar surface area (TPSA) is 40.6 Å². The Morgan fingerprint density at radius 1 is 1.24 bits per heavy atom. The van der Waals surface area contributed by atoms with Gasteiger partial charge in [-0.25, -0.2) is 0 Å².